The number of rotatable bonds is 5. The summed E-state index contributed by atoms with van der Waals surface area (Å²) in [5.74, 6) is -0.410. The summed E-state index contributed by atoms with van der Waals surface area (Å²) in [5.41, 5.74) is 1.69. The van der Waals surface area contributed by atoms with Crippen molar-refractivity contribution >= 4 is 37.8 Å². The first-order valence-corrected chi connectivity index (χ1v) is 7.70. The SMILES string of the molecule is O=C(OCCc1ccccc1)C(Br)(Br)c1ccccn1. The van der Waals surface area contributed by atoms with Gasteiger partial charge in [-0.1, -0.05) is 68.3 Å². The first-order valence-electron chi connectivity index (χ1n) is 6.11. The number of hydrogen-bond donors (Lipinski definition) is 0. The normalized spacial score (nSPS) is 11.1. The van der Waals surface area contributed by atoms with Gasteiger partial charge < -0.3 is 4.74 Å². The fraction of sp³-hybridized carbons (Fsp3) is 0.200. The van der Waals surface area contributed by atoms with Crippen LogP contribution in [0.3, 0.4) is 0 Å². The van der Waals surface area contributed by atoms with Gasteiger partial charge in [-0.2, -0.15) is 0 Å². The molecule has 0 spiro atoms. The Morgan fingerprint density at radius 1 is 1.10 bits per heavy atom. The molecule has 0 bridgehead atoms. The third-order valence-corrected chi connectivity index (χ3v) is 4.17. The summed E-state index contributed by atoms with van der Waals surface area (Å²) in [4.78, 5) is 16.2. The van der Waals surface area contributed by atoms with Crippen molar-refractivity contribution in [3.8, 4) is 0 Å². The summed E-state index contributed by atoms with van der Waals surface area (Å²) < 4.78 is 4.19. The zero-order valence-electron chi connectivity index (χ0n) is 10.6. The van der Waals surface area contributed by atoms with Gasteiger partial charge in [0.15, 0.2) is 0 Å². The lowest BCUT2D eigenvalue weighted by atomic mass is 10.2. The van der Waals surface area contributed by atoms with Gasteiger partial charge in [-0.15, -0.1) is 0 Å². The molecule has 0 fully saturated rings. The number of aromatic nitrogens is 1. The van der Waals surface area contributed by atoms with E-state index in [9.17, 15) is 4.79 Å². The van der Waals surface area contributed by atoms with Crippen LogP contribution in [-0.4, -0.2) is 17.6 Å². The van der Waals surface area contributed by atoms with E-state index in [0.717, 1.165) is 5.56 Å². The minimum absolute atomic E-state index is 0.328. The molecule has 0 N–H and O–H groups in total. The molecule has 20 heavy (non-hydrogen) atoms. The van der Waals surface area contributed by atoms with Gasteiger partial charge in [0.2, 0.25) is 3.23 Å². The van der Waals surface area contributed by atoms with E-state index in [1.807, 2.05) is 36.4 Å². The Morgan fingerprint density at radius 3 is 2.45 bits per heavy atom. The Morgan fingerprint density at radius 2 is 1.80 bits per heavy atom. The molecule has 0 unspecified atom stereocenters. The maximum atomic E-state index is 12.1. The van der Waals surface area contributed by atoms with Crippen molar-refractivity contribution < 1.29 is 9.53 Å². The molecular formula is C15H13Br2NO2. The zero-order valence-corrected chi connectivity index (χ0v) is 13.8. The Hall–Kier alpha value is -1.20. The number of halogens is 2. The van der Waals surface area contributed by atoms with Crippen molar-refractivity contribution in [2.75, 3.05) is 6.61 Å². The highest BCUT2D eigenvalue weighted by Crippen LogP contribution is 2.38. The van der Waals surface area contributed by atoms with E-state index in [2.05, 4.69) is 36.8 Å². The minimum Gasteiger partial charge on any atom is -0.463 e. The first-order chi connectivity index (χ1) is 9.60. The molecule has 2 aromatic rings. The molecule has 1 aromatic carbocycles. The maximum absolute atomic E-state index is 12.1. The Labute approximate surface area is 134 Å². The smallest absolute Gasteiger partial charge is 0.340 e. The first kappa shape index (κ1) is 15.2. The zero-order chi connectivity index (χ0) is 14.4. The minimum atomic E-state index is -1.10. The molecule has 2 rings (SSSR count). The number of benzene rings is 1. The second-order valence-corrected chi connectivity index (χ2v) is 7.60. The summed E-state index contributed by atoms with van der Waals surface area (Å²) in [5, 5.41) is 0. The van der Waals surface area contributed by atoms with Crippen LogP contribution in [0, 0.1) is 0 Å². The fourth-order valence-corrected chi connectivity index (χ4v) is 2.35. The van der Waals surface area contributed by atoms with Crippen LogP contribution >= 0.6 is 31.9 Å². The van der Waals surface area contributed by atoms with Gasteiger partial charge in [-0.05, 0) is 17.7 Å². The van der Waals surface area contributed by atoms with Crippen molar-refractivity contribution in [1.29, 1.82) is 0 Å². The number of carbonyl (C=O) groups excluding carboxylic acids is 1. The molecule has 5 heteroatoms. The van der Waals surface area contributed by atoms with Gasteiger partial charge in [0.05, 0.1) is 12.3 Å². The molecule has 0 atom stereocenters. The summed E-state index contributed by atoms with van der Waals surface area (Å²) in [6.45, 7) is 0.328. The lowest BCUT2D eigenvalue weighted by Gasteiger charge is -2.18. The highest BCUT2D eigenvalue weighted by molar-refractivity contribution is 9.25. The number of carbonyl (C=O) groups is 1. The average Bonchev–Trinajstić information content (AvgIpc) is 2.49. The van der Waals surface area contributed by atoms with E-state index in [4.69, 9.17) is 4.74 Å². The number of esters is 1. The van der Waals surface area contributed by atoms with Gasteiger partial charge in [0.25, 0.3) is 0 Å². The van der Waals surface area contributed by atoms with Crippen LogP contribution in [-0.2, 0) is 19.2 Å². The number of hydrogen-bond acceptors (Lipinski definition) is 3. The molecule has 0 saturated carbocycles. The Bertz CT molecular complexity index is 559. The van der Waals surface area contributed by atoms with Gasteiger partial charge in [-0.3, -0.25) is 4.98 Å². The molecule has 0 amide bonds. The molecule has 1 heterocycles. The van der Waals surface area contributed by atoms with E-state index in [0.29, 0.717) is 18.7 Å². The van der Waals surface area contributed by atoms with E-state index >= 15 is 0 Å². The standard InChI is InChI=1S/C15H13Br2NO2/c16-15(17,13-8-4-5-10-18-13)14(19)20-11-9-12-6-2-1-3-7-12/h1-8,10H,9,11H2. The van der Waals surface area contributed by atoms with Crippen molar-refractivity contribution in [3.05, 3.63) is 66.0 Å². The second kappa shape index (κ2) is 6.99. The lowest BCUT2D eigenvalue weighted by Crippen LogP contribution is -2.26. The lowest BCUT2D eigenvalue weighted by molar-refractivity contribution is -0.143. The van der Waals surface area contributed by atoms with Crippen molar-refractivity contribution in [3.63, 3.8) is 0 Å². The summed E-state index contributed by atoms with van der Waals surface area (Å²) in [6.07, 6.45) is 2.31. The van der Waals surface area contributed by atoms with Crippen LogP contribution in [0.1, 0.15) is 11.3 Å². The highest BCUT2D eigenvalue weighted by atomic mass is 79.9. The number of alkyl halides is 2. The molecule has 0 radical (unpaired) electrons. The van der Waals surface area contributed by atoms with Crippen LogP contribution in [0.2, 0.25) is 0 Å². The van der Waals surface area contributed by atoms with Crippen LogP contribution in [0.5, 0.6) is 0 Å². The summed E-state index contributed by atoms with van der Waals surface area (Å²) in [6, 6.07) is 15.2. The summed E-state index contributed by atoms with van der Waals surface area (Å²) in [7, 11) is 0. The summed E-state index contributed by atoms with van der Waals surface area (Å²) >= 11 is 6.64. The largest absolute Gasteiger partial charge is 0.463 e. The quantitative estimate of drug-likeness (QED) is 0.567. The van der Waals surface area contributed by atoms with E-state index in [1.54, 1.807) is 18.3 Å². The van der Waals surface area contributed by atoms with Gasteiger partial charge in [0.1, 0.15) is 0 Å². The van der Waals surface area contributed by atoms with Gasteiger partial charge >= 0.3 is 5.97 Å². The van der Waals surface area contributed by atoms with E-state index in [1.165, 1.54) is 0 Å². The van der Waals surface area contributed by atoms with Gasteiger partial charge in [-0.25, -0.2) is 4.79 Å². The third kappa shape index (κ3) is 3.90. The topological polar surface area (TPSA) is 39.2 Å². The highest BCUT2D eigenvalue weighted by Gasteiger charge is 2.37. The Kier molecular flexibility index (Phi) is 5.31. The second-order valence-electron chi connectivity index (χ2n) is 4.16. The third-order valence-electron chi connectivity index (χ3n) is 2.71. The number of ether oxygens (including phenoxy) is 1. The molecule has 1 aromatic heterocycles. The molecule has 0 aliphatic carbocycles. The fourth-order valence-electron chi connectivity index (χ4n) is 1.65. The van der Waals surface area contributed by atoms with Crippen molar-refractivity contribution in [2.24, 2.45) is 0 Å². The van der Waals surface area contributed by atoms with Gasteiger partial charge in [0, 0.05) is 12.6 Å². The monoisotopic (exact) mass is 397 g/mol. The van der Waals surface area contributed by atoms with E-state index < -0.39 is 9.20 Å². The molecule has 3 nitrogen and oxygen atoms in total. The molecule has 0 aliphatic heterocycles. The average molecular weight is 399 g/mol. The molecule has 0 saturated heterocycles. The number of pyridine rings is 1. The molecular weight excluding hydrogens is 386 g/mol. The maximum Gasteiger partial charge on any atom is 0.340 e. The van der Waals surface area contributed by atoms with Crippen LogP contribution in [0.25, 0.3) is 0 Å². The number of nitrogens with zero attached hydrogens (tertiary/aromatic N) is 1. The van der Waals surface area contributed by atoms with Crippen molar-refractivity contribution in [1.82, 2.24) is 4.98 Å². The predicted molar refractivity (Wildman–Crippen MR) is 84.9 cm³/mol. The predicted octanol–water partition coefficient (Wildman–Crippen LogP) is 3.81. The molecule has 104 valence electrons. The molecule has 0 aliphatic rings. The Balaban J connectivity index is 1.91. The van der Waals surface area contributed by atoms with Crippen LogP contribution in [0.15, 0.2) is 54.7 Å². The van der Waals surface area contributed by atoms with E-state index in [-0.39, 0.29) is 0 Å². The van der Waals surface area contributed by atoms with Crippen LogP contribution in [0.4, 0.5) is 0 Å². The van der Waals surface area contributed by atoms with Crippen molar-refractivity contribution in [2.45, 2.75) is 9.65 Å². The van der Waals surface area contributed by atoms with Crippen LogP contribution < -0.4 is 0 Å².